The molecule has 0 spiro atoms. The molecule has 3 heteroatoms. The Balaban J connectivity index is 2.67. The number of hydrogen-bond donors (Lipinski definition) is 0. The summed E-state index contributed by atoms with van der Waals surface area (Å²) >= 11 is 5.80. The average Bonchev–Trinajstić information content (AvgIpc) is 2.56. The van der Waals surface area contributed by atoms with Crippen molar-refractivity contribution in [2.75, 3.05) is 5.88 Å². The molecule has 1 aromatic heterocycles. The standard InChI is InChI=1S/C13H17ClN2/c1-4-16-12-8-10(3)9(2)7-11(12)15-13(16)5-6-14/h7-8H,4-6H2,1-3H3. The molecule has 2 rings (SSSR count). The number of aryl methyl sites for hydroxylation is 4. The first-order valence-corrected chi connectivity index (χ1v) is 6.23. The molecule has 16 heavy (non-hydrogen) atoms. The number of aromatic nitrogens is 2. The van der Waals surface area contributed by atoms with Crippen molar-refractivity contribution in [1.82, 2.24) is 9.55 Å². The maximum atomic E-state index is 5.80. The Hall–Kier alpha value is -1.02. The summed E-state index contributed by atoms with van der Waals surface area (Å²) < 4.78 is 2.25. The molecule has 0 bridgehead atoms. The topological polar surface area (TPSA) is 17.8 Å². The molecule has 0 atom stereocenters. The van der Waals surface area contributed by atoms with Crippen LogP contribution in [0, 0.1) is 13.8 Å². The molecule has 2 aromatic rings. The Bertz CT molecular complexity index is 514. The van der Waals surface area contributed by atoms with Gasteiger partial charge in [0.1, 0.15) is 5.82 Å². The number of imidazole rings is 1. The van der Waals surface area contributed by atoms with Crippen LogP contribution in [0.2, 0.25) is 0 Å². The van der Waals surface area contributed by atoms with E-state index in [-0.39, 0.29) is 0 Å². The van der Waals surface area contributed by atoms with Gasteiger partial charge < -0.3 is 4.57 Å². The summed E-state index contributed by atoms with van der Waals surface area (Å²) in [6, 6.07) is 4.38. The minimum absolute atomic E-state index is 0.626. The van der Waals surface area contributed by atoms with Crippen LogP contribution in [0.4, 0.5) is 0 Å². The van der Waals surface area contributed by atoms with Crippen LogP contribution in [0.25, 0.3) is 11.0 Å². The van der Waals surface area contributed by atoms with Gasteiger partial charge in [0, 0.05) is 18.8 Å². The SMILES string of the molecule is CCn1c(CCCl)nc2cc(C)c(C)cc21. The van der Waals surface area contributed by atoms with Gasteiger partial charge in [-0.15, -0.1) is 11.6 Å². The van der Waals surface area contributed by atoms with E-state index in [1.54, 1.807) is 0 Å². The molecule has 0 aliphatic rings. The van der Waals surface area contributed by atoms with Crippen LogP contribution in [-0.2, 0) is 13.0 Å². The summed E-state index contributed by atoms with van der Waals surface area (Å²) in [5.41, 5.74) is 4.93. The van der Waals surface area contributed by atoms with Crippen molar-refractivity contribution in [2.45, 2.75) is 33.7 Å². The predicted molar refractivity (Wildman–Crippen MR) is 69.3 cm³/mol. The van der Waals surface area contributed by atoms with Crippen LogP contribution < -0.4 is 0 Å². The van der Waals surface area contributed by atoms with E-state index in [0.717, 1.165) is 24.3 Å². The van der Waals surface area contributed by atoms with Gasteiger partial charge in [0.25, 0.3) is 0 Å². The first-order chi connectivity index (χ1) is 7.67. The van der Waals surface area contributed by atoms with E-state index in [1.165, 1.54) is 16.6 Å². The molecule has 0 saturated heterocycles. The zero-order chi connectivity index (χ0) is 11.7. The molecule has 0 radical (unpaired) electrons. The molecular formula is C13H17ClN2. The number of hydrogen-bond acceptors (Lipinski definition) is 1. The number of rotatable bonds is 3. The number of fused-ring (bicyclic) bond motifs is 1. The Labute approximate surface area is 101 Å². The molecule has 0 amide bonds. The zero-order valence-electron chi connectivity index (χ0n) is 10.0. The molecule has 0 saturated carbocycles. The second-order valence-corrected chi connectivity index (χ2v) is 4.51. The molecule has 0 aliphatic heterocycles. The Kier molecular flexibility index (Phi) is 3.20. The van der Waals surface area contributed by atoms with E-state index >= 15 is 0 Å². The van der Waals surface area contributed by atoms with Crippen LogP contribution in [0.1, 0.15) is 23.9 Å². The van der Waals surface area contributed by atoms with E-state index in [2.05, 4.69) is 42.5 Å². The number of halogens is 1. The van der Waals surface area contributed by atoms with Gasteiger partial charge in [-0.2, -0.15) is 0 Å². The summed E-state index contributed by atoms with van der Waals surface area (Å²) in [5.74, 6) is 1.72. The fourth-order valence-electron chi connectivity index (χ4n) is 2.06. The van der Waals surface area contributed by atoms with Crippen molar-refractivity contribution in [1.29, 1.82) is 0 Å². The molecule has 0 aliphatic carbocycles. The molecule has 0 unspecified atom stereocenters. The summed E-state index contributed by atoms with van der Waals surface area (Å²) in [4.78, 5) is 4.65. The fourth-order valence-corrected chi connectivity index (χ4v) is 2.23. The first kappa shape index (κ1) is 11.5. The largest absolute Gasteiger partial charge is 0.328 e. The van der Waals surface area contributed by atoms with Gasteiger partial charge in [0.05, 0.1) is 11.0 Å². The van der Waals surface area contributed by atoms with Gasteiger partial charge in [-0.05, 0) is 44.0 Å². The second-order valence-electron chi connectivity index (χ2n) is 4.14. The van der Waals surface area contributed by atoms with E-state index in [9.17, 15) is 0 Å². The molecular weight excluding hydrogens is 220 g/mol. The van der Waals surface area contributed by atoms with Crippen LogP contribution >= 0.6 is 11.6 Å². The van der Waals surface area contributed by atoms with Gasteiger partial charge in [-0.25, -0.2) is 4.98 Å². The van der Waals surface area contributed by atoms with Crippen molar-refractivity contribution < 1.29 is 0 Å². The van der Waals surface area contributed by atoms with Gasteiger partial charge >= 0.3 is 0 Å². The van der Waals surface area contributed by atoms with E-state index in [0.29, 0.717) is 5.88 Å². The summed E-state index contributed by atoms with van der Waals surface area (Å²) in [5, 5.41) is 0. The Morgan fingerprint density at radius 2 is 1.94 bits per heavy atom. The van der Waals surface area contributed by atoms with Crippen LogP contribution in [0.15, 0.2) is 12.1 Å². The van der Waals surface area contributed by atoms with Gasteiger partial charge in [0.2, 0.25) is 0 Å². The molecule has 1 heterocycles. The lowest BCUT2D eigenvalue weighted by atomic mass is 10.1. The van der Waals surface area contributed by atoms with Crippen LogP contribution in [0.5, 0.6) is 0 Å². The molecule has 0 N–H and O–H groups in total. The number of nitrogens with zero attached hydrogens (tertiary/aromatic N) is 2. The normalized spacial score (nSPS) is 11.2. The lowest BCUT2D eigenvalue weighted by Crippen LogP contribution is -2.02. The summed E-state index contributed by atoms with van der Waals surface area (Å²) in [7, 11) is 0. The lowest BCUT2D eigenvalue weighted by molar-refractivity contribution is 0.727. The number of benzene rings is 1. The smallest absolute Gasteiger partial charge is 0.111 e. The summed E-state index contributed by atoms with van der Waals surface area (Å²) in [6.45, 7) is 7.36. The highest BCUT2D eigenvalue weighted by Crippen LogP contribution is 2.21. The van der Waals surface area contributed by atoms with Crippen molar-refractivity contribution >= 4 is 22.6 Å². The third kappa shape index (κ3) is 1.82. The summed E-state index contributed by atoms with van der Waals surface area (Å²) in [6.07, 6.45) is 0.835. The third-order valence-electron chi connectivity index (χ3n) is 3.08. The van der Waals surface area contributed by atoms with E-state index < -0.39 is 0 Å². The van der Waals surface area contributed by atoms with E-state index in [4.69, 9.17) is 11.6 Å². The highest BCUT2D eigenvalue weighted by atomic mass is 35.5. The highest BCUT2D eigenvalue weighted by molar-refractivity contribution is 6.17. The third-order valence-corrected chi connectivity index (χ3v) is 3.27. The molecule has 86 valence electrons. The Morgan fingerprint density at radius 3 is 2.56 bits per heavy atom. The molecule has 0 fully saturated rings. The maximum Gasteiger partial charge on any atom is 0.111 e. The quantitative estimate of drug-likeness (QED) is 0.747. The van der Waals surface area contributed by atoms with Crippen LogP contribution in [-0.4, -0.2) is 15.4 Å². The molecule has 2 nitrogen and oxygen atoms in total. The first-order valence-electron chi connectivity index (χ1n) is 5.69. The zero-order valence-corrected chi connectivity index (χ0v) is 10.8. The highest BCUT2D eigenvalue weighted by Gasteiger charge is 2.09. The second kappa shape index (κ2) is 4.46. The fraction of sp³-hybridized carbons (Fsp3) is 0.462. The average molecular weight is 237 g/mol. The molecule has 1 aromatic carbocycles. The van der Waals surface area contributed by atoms with Crippen molar-refractivity contribution in [3.8, 4) is 0 Å². The Morgan fingerprint density at radius 1 is 1.25 bits per heavy atom. The van der Waals surface area contributed by atoms with Gasteiger partial charge in [-0.3, -0.25) is 0 Å². The predicted octanol–water partition coefficient (Wildman–Crippen LogP) is 3.45. The van der Waals surface area contributed by atoms with Gasteiger partial charge in [0.15, 0.2) is 0 Å². The minimum atomic E-state index is 0.626. The van der Waals surface area contributed by atoms with Crippen LogP contribution in [0.3, 0.4) is 0 Å². The van der Waals surface area contributed by atoms with E-state index in [1.807, 2.05) is 0 Å². The van der Waals surface area contributed by atoms with Crippen molar-refractivity contribution in [2.24, 2.45) is 0 Å². The lowest BCUT2D eigenvalue weighted by Gasteiger charge is -2.05. The monoisotopic (exact) mass is 236 g/mol. The minimum Gasteiger partial charge on any atom is -0.328 e. The van der Waals surface area contributed by atoms with Gasteiger partial charge in [-0.1, -0.05) is 0 Å². The number of alkyl halides is 1. The van der Waals surface area contributed by atoms with Crippen molar-refractivity contribution in [3.63, 3.8) is 0 Å². The van der Waals surface area contributed by atoms with Crippen molar-refractivity contribution in [3.05, 3.63) is 29.1 Å². The maximum absolute atomic E-state index is 5.80.